The predicted octanol–water partition coefficient (Wildman–Crippen LogP) is 2.83. The number of para-hydroxylation sites is 1. The van der Waals surface area contributed by atoms with Crippen molar-refractivity contribution in [2.24, 2.45) is 0 Å². The van der Waals surface area contributed by atoms with E-state index in [9.17, 15) is 0 Å². The molecule has 2 heteroatoms. The fourth-order valence-electron chi connectivity index (χ4n) is 0.605. The van der Waals surface area contributed by atoms with Gasteiger partial charge in [-0.2, -0.15) is 0 Å². The summed E-state index contributed by atoms with van der Waals surface area (Å²) in [5.41, 5.74) is 1.16. The van der Waals surface area contributed by atoms with Gasteiger partial charge in [0.15, 0.2) is 0 Å². The van der Waals surface area contributed by atoms with E-state index in [1.807, 2.05) is 37.4 Å². The summed E-state index contributed by atoms with van der Waals surface area (Å²) in [6, 6.07) is 10.1. The maximum Gasteiger partial charge on any atom is 0.0337 e. The Hall–Kier alpha value is -0.763. The topological polar surface area (TPSA) is 12.0 Å². The first-order chi connectivity index (χ1) is 5.66. The molecule has 1 aromatic carbocycles. The van der Waals surface area contributed by atoms with Gasteiger partial charge in [-0.25, -0.2) is 0 Å². The van der Waals surface area contributed by atoms with Crippen molar-refractivity contribution < 1.29 is 0 Å². The molecule has 0 aliphatic rings. The summed E-state index contributed by atoms with van der Waals surface area (Å²) in [5.74, 6) is 0. The van der Waals surface area contributed by atoms with Crippen LogP contribution in [0.15, 0.2) is 30.3 Å². The largest absolute Gasteiger partial charge is 0.388 e. The molecule has 0 atom stereocenters. The van der Waals surface area contributed by atoms with E-state index in [-0.39, 0.29) is 8.80 Å². The van der Waals surface area contributed by atoms with E-state index in [0.717, 1.165) is 5.69 Å². The van der Waals surface area contributed by atoms with Gasteiger partial charge in [0.25, 0.3) is 0 Å². The summed E-state index contributed by atoms with van der Waals surface area (Å²) in [6.45, 7) is 6.92. The summed E-state index contributed by atoms with van der Waals surface area (Å²) in [5, 5.41) is 3.03. The lowest BCUT2D eigenvalue weighted by atomic mass is 10.3. The molecule has 0 heterocycles. The molecule has 1 N–H and O–H groups in total. The van der Waals surface area contributed by atoms with E-state index in [1.165, 1.54) is 0 Å². The second kappa shape index (κ2) is 6.92. The van der Waals surface area contributed by atoms with Crippen molar-refractivity contribution in [3.63, 3.8) is 0 Å². The molecule has 0 bridgehead atoms. The second-order valence-electron chi connectivity index (χ2n) is 3.35. The highest BCUT2D eigenvalue weighted by Gasteiger charge is 1.77. The van der Waals surface area contributed by atoms with Crippen molar-refractivity contribution in [1.82, 2.24) is 0 Å². The lowest BCUT2D eigenvalue weighted by Gasteiger charge is -1.94. The molecule has 12 heavy (non-hydrogen) atoms. The lowest BCUT2D eigenvalue weighted by molar-refractivity contribution is 1.51. The molecule has 0 saturated heterocycles. The summed E-state index contributed by atoms with van der Waals surface area (Å²) in [7, 11) is 1.77. The normalized spacial score (nSPS) is 8.75. The second-order valence-corrected chi connectivity index (χ2v) is 6.81. The molecule has 0 aliphatic carbocycles. The first-order valence-electron chi connectivity index (χ1n) is 4.39. The summed E-state index contributed by atoms with van der Waals surface area (Å²) in [4.78, 5) is 0. The highest BCUT2D eigenvalue weighted by molar-refractivity contribution is 6.54. The SMILES string of the molecule is CNc1ccccc1.C[SiH](C)C. The van der Waals surface area contributed by atoms with Crippen LogP contribution in [-0.2, 0) is 0 Å². The molecular formula is C10H19NSi. The average Bonchev–Trinajstić information content (AvgIpc) is 2.05. The van der Waals surface area contributed by atoms with Gasteiger partial charge in [0.1, 0.15) is 0 Å². The zero-order chi connectivity index (χ0) is 9.40. The van der Waals surface area contributed by atoms with Crippen LogP contribution in [0.2, 0.25) is 19.6 Å². The Morgan fingerprint density at radius 3 is 1.67 bits per heavy atom. The van der Waals surface area contributed by atoms with E-state index in [0.29, 0.717) is 0 Å². The number of rotatable bonds is 1. The van der Waals surface area contributed by atoms with Crippen LogP contribution < -0.4 is 5.32 Å². The molecule has 0 amide bonds. The number of hydrogen-bond donors (Lipinski definition) is 1. The fraction of sp³-hybridized carbons (Fsp3) is 0.400. The van der Waals surface area contributed by atoms with Crippen LogP contribution >= 0.6 is 0 Å². The monoisotopic (exact) mass is 181 g/mol. The highest BCUT2D eigenvalue weighted by Crippen LogP contribution is 2.01. The van der Waals surface area contributed by atoms with Gasteiger partial charge in [0, 0.05) is 21.5 Å². The molecule has 0 fully saturated rings. The van der Waals surface area contributed by atoms with Crippen LogP contribution in [0.3, 0.4) is 0 Å². The number of benzene rings is 1. The van der Waals surface area contributed by atoms with Crippen LogP contribution in [0, 0.1) is 0 Å². The van der Waals surface area contributed by atoms with Gasteiger partial charge >= 0.3 is 0 Å². The Kier molecular flexibility index (Phi) is 6.48. The maximum atomic E-state index is 3.03. The van der Waals surface area contributed by atoms with Gasteiger partial charge in [-0.05, 0) is 12.1 Å². The quantitative estimate of drug-likeness (QED) is 0.657. The minimum atomic E-state index is -0.139. The van der Waals surface area contributed by atoms with Crippen molar-refractivity contribution in [2.75, 3.05) is 12.4 Å². The predicted molar refractivity (Wildman–Crippen MR) is 60.7 cm³/mol. The molecule has 0 radical (unpaired) electrons. The first-order valence-corrected chi connectivity index (χ1v) is 7.86. The number of anilines is 1. The van der Waals surface area contributed by atoms with Gasteiger partial charge in [0.05, 0.1) is 0 Å². The molecule has 68 valence electrons. The Labute approximate surface area is 77.4 Å². The van der Waals surface area contributed by atoms with Gasteiger partial charge in [-0.15, -0.1) is 0 Å². The Morgan fingerprint density at radius 2 is 1.42 bits per heavy atom. The Balaban J connectivity index is 0.000000261. The molecule has 0 aromatic heterocycles. The van der Waals surface area contributed by atoms with E-state index < -0.39 is 0 Å². The van der Waals surface area contributed by atoms with Crippen LogP contribution in [0.25, 0.3) is 0 Å². The third kappa shape index (κ3) is 7.35. The zero-order valence-electron chi connectivity index (χ0n) is 8.46. The first kappa shape index (κ1) is 11.2. The van der Waals surface area contributed by atoms with Crippen molar-refractivity contribution in [3.05, 3.63) is 30.3 Å². The molecular weight excluding hydrogens is 162 g/mol. The Morgan fingerprint density at radius 1 is 1.00 bits per heavy atom. The van der Waals surface area contributed by atoms with E-state index >= 15 is 0 Å². The molecule has 1 rings (SSSR count). The standard InChI is InChI=1S/C7H9N.C3H10Si/c1-8-7-5-3-2-4-6-7;1-4(2)3/h2-6,8H,1H3;4H,1-3H3. The average molecular weight is 181 g/mol. The molecule has 0 unspecified atom stereocenters. The van der Waals surface area contributed by atoms with Gasteiger partial charge < -0.3 is 5.32 Å². The smallest absolute Gasteiger partial charge is 0.0337 e. The fourth-order valence-corrected chi connectivity index (χ4v) is 0.605. The van der Waals surface area contributed by atoms with E-state index in [4.69, 9.17) is 0 Å². The van der Waals surface area contributed by atoms with E-state index in [2.05, 4.69) is 25.0 Å². The highest BCUT2D eigenvalue weighted by atomic mass is 28.3. The van der Waals surface area contributed by atoms with Crippen molar-refractivity contribution in [2.45, 2.75) is 19.6 Å². The van der Waals surface area contributed by atoms with Crippen molar-refractivity contribution in [1.29, 1.82) is 0 Å². The summed E-state index contributed by atoms with van der Waals surface area (Å²) >= 11 is 0. The number of nitrogens with one attached hydrogen (secondary N) is 1. The third-order valence-corrected chi connectivity index (χ3v) is 1.06. The minimum Gasteiger partial charge on any atom is -0.388 e. The van der Waals surface area contributed by atoms with Crippen molar-refractivity contribution >= 4 is 14.5 Å². The van der Waals surface area contributed by atoms with Crippen LogP contribution in [0.4, 0.5) is 5.69 Å². The molecule has 0 spiro atoms. The molecule has 0 aliphatic heterocycles. The van der Waals surface area contributed by atoms with Gasteiger partial charge in [0.2, 0.25) is 0 Å². The summed E-state index contributed by atoms with van der Waals surface area (Å²) in [6.07, 6.45) is 0. The summed E-state index contributed by atoms with van der Waals surface area (Å²) < 4.78 is 0. The molecule has 1 nitrogen and oxygen atoms in total. The van der Waals surface area contributed by atoms with Crippen LogP contribution in [0.1, 0.15) is 0 Å². The van der Waals surface area contributed by atoms with Gasteiger partial charge in [-0.3, -0.25) is 0 Å². The number of hydrogen-bond acceptors (Lipinski definition) is 1. The van der Waals surface area contributed by atoms with Crippen LogP contribution in [0.5, 0.6) is 0 Å². The molecule has 1 aromatic rings. The third-order valence-electron chi connectivity index (χ3n) is 1.06. The van der Waals surface area contributed by atoms with Crippen LogP contribution in [-0.4, -0.2) is 15.8 Å². The molecule has 0 saturated carbocycles. The Bertz CT molecular complexity index is 182. The maximum absolute atomic E-state index is 3.03. The zero-order valence-corrected chi connectivity index (χ0v) is 9.62. The lowest BCUT2D eigenvalue weighted by Crippen LogP contribution is -1.84. The van der Waals surface area contributed by atoms with E-state index in [1.54, 1.807) is 0 Å². The minimum absolute atomic E-state index is 0.139. The van der Waals surface area contributed by atoms with Crippen molar-refractivity contribution in [3.8, 4) is 0 Å². The van der Waals surface area contributed by atoms with Gasteiger partial charge in [-0.1, -0.05) is 37.8 Å².